The van der Waals surface area contributed by atoms with Gasteiger partial charge in [0.25, 0.3) is 0 Å². The molecule has 0 fully saturated rings. The lowest BCUT2D eigenvalue weighted by molar-refractivity contribution is 0.149. The number of nitrogens with one attached hydrogen (secondary N) is 2. The van der Waals surface area contributed by atoms with E-state index in [0.29, 0.717) is 12.1 Å². The Labute approximate surface area is 111 Å². The predicted octanol–water partition coefficient (Wildman–Crippen LogP) is 3.61. The summed E-state index contributed by atoms with van der Waals surface area (Å²) in [5, 5.41) is 0. The quantitative estimate of drug-likeness (QED) is 0.777. The molecule has 19 heavy (non-hydrogen) atoms. The largest absolute Gasteiger partial charge is 0.321 e. The third-order valence-electron chi connectivity index (χ3n) is 2.78. The van der Waals surface area contributed by atoms with Gasteiger partial charge in [-0.15, -0.1) is 0 Å². The molecule has 0 aliphatic rings. The lowest BCUT2D eigenvalue weighted by Gasteiger charge is -2.12. The smallest absolute Gasteiger partial charge is 0.242 e. The molecule has 0 amide bonds. The van der Waals surface area contributed by atoms with E-state index in [9.17, 15) is 8.78 Å². The summed E-state index contributed by atoms with van der Waals surface area (Å²) in [5.74, 6) is 0. The predicted molar refractivity (Wildman–Crippen MR) is 73.1 cm³/mol. The Bertz CT molecular complexity index is 501. The van der Waals surface area contributed by atoms with Gasteiger partial charge in [0, 0.05) is 18.7 Å². The van der Waals surface area contributed by atoms with E-state index in [1.807, 2.05) is 42.5 Å². The fourth-order valence-corrected chi connectivity index (χ4v) is 1.86. The number of rotatable bonds is 6. The average molecular weight is 262 g/mol. The maximum Gasteiger partial charge on any atom is 0.242 e. The molecule has 2 N–H and O–H groups in total. The maximum absolute atomic E-state index is 12.5. The zero-order chi connectivity index (χ0) is 13.5. The van der Waals surface area contributed by atoms with Crippen molar-refractivity contribution in [1.82, 2.24) is 5.43 Å². The molecule has 2 aromatic carbocycles. The van der Waals surface area contributed by atoms with Crippen LogP contribution in [-0.2, 0) is 13.0 Å². The van der Waals surface area contributed by atoms with Gasteiger partial charge < -0.3 is 5.43 Å². The first-order valence-corrected chi connectivity index (χ1v) is 6.14. The lowest BCUT2D eigenvalue weighted by Crippen LogP contribution is -2.21. The zero-order valence-corrected chi connectivity index (χ0v) is 10.4. The van der Waals surface area contributed by atoms with Crippen molar-refractivity contribution in [2.45, 2.75) is 19.4 Å². The highest BCUT2D eigenvalue weighted by Crippen LogP contribution is 2.13. The number of alkyl halides is 2. The number of para-hydroxylation sites is 1. The van der Waals surface area contributed by atoms with Gasteiger partial charge in [-0.1, -0.05) is 42.5 Å². The van der Waals surface area contributed by atoms with Crippen molar-refractivity contribution in [2.75, 3.05) is 5.43 Å². The Morgan fingerprint density at radius 2 is 1.47 bits per heavy atom. The molecule has 0 saturated heterocycles. The first kappa shape index (κ1) is 13.5. The minimum atomic E-state index is -2.32. The molecular formula is C15H16F2N2. The van der Waals surface area contributed by atoms with Crippen LogP contribution in [0.2, 0.25) is 0 Å². The fraction of sp³-hybridized carbons (Fsp3) is 0.200. The summed E-state index contributed by atoms with van der Waals surface area (Å²) >= 11 is 0. The van der Waals surface area contributed by atoms with E-state index in [1.54, 1.807) is 12.1 Å². The van der Waals surface area contributed by atoms with E-state index in [4.69, 9.17) is 0 Å². The maximum atomic E-state index is 12.5. The third kappa shape index (κ3) is 4.34. The second kappa shape index (κ2) is 6.85. The first-order valence-electron chi connectivity index (χ1n) is 6.14. The number of halogens is 2. The van der Waals surface area contributed by atoms with Crippen LogP contribution in [0, 0.1) is 0 Å². The highest BCUT2D eigenvalue weighted by molar-refractivity contribution is 5.41. The van der Waals surface area contributed by atoms with Crippen molar-refractivity contribution in [2.24, 2.45) is 0 Å². The molecule has 0 aromatic heterocycles. The Balaban J connectivity index is 1.92. The Morgan fingerprint density at radius 3 is 2.16 bits per heavy atom. The topological polar surface area (TPSA) is 24.1 Å². The molecule has 0 heterocycles. The summed E-state index contributed by atoms with van der Waals surface area (Å²) in [6.45, 7) is 0.498. The van der Waals surface area contributed by atoms with Crippen LogP contribution in [0.3, 0.4) is 0 Å². The summed E-state index contributed by atoms with van der Waals surface area (Å²) in [5.41, 5.74) is 8.57. The first-order chi connectivity index (χ1) is 9.25. The van der Waals surface area contributed by atoms with Crippen molar-refractivity contribution in [3.05, 3.63) is 65.7 Å². The van der Waals surface area contributed by atoms with Crippen LogP contribution in [-0.4, -0.2) is 6.43 Å². The molecule has 4 heteroatoms. The van der Waals surface area contributed by atoms with Crippen LogP contribution in [0.15, 0.2) is 54.6 Å². The summed E-state index contributed by atoms with van der Waals surface area (Å²) in [6, 6.07) is 16.9. The molecule has 0 aliphatic heterocycles. The zero-order valence-electron chi connectivity index (χ0n) is 10.4. The monoisotopic (exact) mass is 262 g/mol. The third-order valence-corrected chi connectivity index (χ3v) is 2.78. The number of hydrogen-bond acceptors (Lipinski definition) is 2. The molecule has 0 aliphatic carbocycles. The standard InChI is InChI=1S/C15H16F2N2/c16-15(17)10-12-6-4-5-7-13(12)11-18-19-14-8-2-1-3-9-14/h1-9,15,18-19H,10-11H2. The van der Waals surface area contributed by atoms with E-state index >= 15 is 0 Å². The molecule has 0 bridgehead atoms. The highest BCUT2D eigenvalue weighted by Gasteiger charge is 2.08. The van der Waals surface area contributed by atoms with Gasteiger partial charge in [-0.05, 0) is 23.3 Å². The van der Waals surface area contributed by atoms with E-state index in [0.717, 1.165) is 11.3 Å². The summed E-state index contributed by atoms with van der Waals surface area (Å²) in [7, 11) is 0. The summed E-state index contributed by atoms with van der Waals surface area (Å²) < 4.78 is 24.9. The average Bonchev–Trinajstić information content (AvgIpc) is 2.41. The minimum absolute atomic E-state index is 0.205. The number of benzene rings is 2. The van der Waals surface area contributed by atoms with Crippen LogP contribution >= 0.6 is 0 Å². The van der Waals surface area contributed by atoms with E-state index in [1.165, 1.54) is 0 Å². The Morgan fingerprint density at radius 1 is 0.842 bits per heavy atom. The van der Waals surface area contributed by atoms with Crippen LogP contribution in [0.4, 0.5) is 14.5 Å². The van der Waals surface area contributed by atoms with Crippen molar-refractivity contribution in [1.29, 1.82) is 0 Å². The molecule has 100 valence electrons. The molecule has 0 spiro atoms. The normalized spacial score (nSPS) is 10.7. The van der Waals surface area contributed by atoms with Gasteiger partial charge in [-0.2, -0.15) is 0 Å². The molecule has 0 saturated carbocycles. The van der Waals surface area contributed by atoms with Gasteiger partial charge in [-0.3, -0.25) is 0 Å². The van der Waals surface area contributed by atoms with E-state index < -0.39 is 6.43 Å². The number of hydrazine groups is 1. The van der Waals surface area contributed by atoms with Crippen LogP contribution in [0.1, 0.15) is 11.1 Å². The van der Waals surface area contributed by atoms with E-state index in [-0.39, 0.29) is 6.42 Å². The van der Waals surface area contributed by atoms with Crippen LogP contribution in [0.5, 0.6) is 0 Å². The Hall–Kier alpha value is -1.94. The lowest BCUT2D eigenvalue weighted by atomic mass is 10.1. The molecule has 0 unspecified atom stereocenters. The van der Waals surface area contributed by atoms with Gasteiger partial charge >= 0.3 is 0 Å². The molecular weight excluding hydrogens is 246 g/mol. The highest BCUT2D eigenvalue weighted by atomic mass is 19.3. The summed E-state index contributed by atoms with van der Waals surface area (Å²) in [6.07, 6.45) is -2.52. The molecule has 0 atom stereocenters. The van der Waals surface area contributed by atoms with Crippen molar-refractivity contribution < 1.29 is 8.78 Å². The van der Waals surface area contributed by atoms with Gasteiger partial charge in [0.1, 0.15) is 0 Å². The van der Waals surface area contributed by atoms with Gasteiger partial charge in [0.2, 0.25) is 6.43 Å². The second-order valence-corrected chi connectivity index (χ2v) is 4.21. The molecule has 2 aromatic rings. The number of hydrogen-bond donors (Lipinski definition) is 2. The fourth-order valence-electron chi connectivity index (χ4n) is 1.86. The molecule has 0 radical (unpaired) electrons. The van der Waals surface area contributed by atoms with E-state index in [2.05, 4.69) is 10.9 Å². The molecule has 2 nitrogen and oxygen atoms in total. The van der Waals surface area contributed by atoms with Crippen LogP contribution in [0.25, 0.3) is 0 Å². The van der Waals surface area contributed by atoms with Crippen molar-refractivity contribution >= 4 is 5.69 Å². The van der Waals surface area contributed by atoms with Crippen molar-refractivity contribution in [3.8, 4) is 0 Å². The second-order valence-electron chi connectivity index (χ2n) is 4.21. The van der Waals surface area contributed by atoms with Gasteiger partial charge in [0.05, 0.1) is 0 Å². The van der Waals surface area contributed by atoms with Crippen molar-refractivity contribution in [3.63, 3.8) is 0 Å². The minimum Gasteiger partial charge on any atom is -0.321 e. The molecule has 2 rings (SSSR count). The summed E-state index contributed by atoms with van der Waals surface area (Å²) in [4.78, 5) is 0. The van der Waals surface area contributed by atoms with Crippen LogP contribution < -0.4 is 10.9 Å². The Kier molecular flexibility index (Phi) is 4.86. The SMILES string of the molecule is FC(F)Cc1ccccc1CNNc1ccccc1. The van der Waals surface area contributed by atoms with Gasteiger partial charge in [-0.25, -0.2) is 14.2 Å². The van der Waals surface area contributed by atoms with Gasteiger partial charge in [0.15, 0.2) is 0 Å². The number of anilines is 1.